The van der Waals surface area contributed by atoms with Gasteiger partial charge in [0.2, 0.25) is 0 Å². The van der Waals surface area contributed by atoms with Gasteiger partial charge in [0.25, 0.3) is 0 Å². The van der Waals surface area contributed by atoms with E-state index in [0.29, 0.717) is 0 Å². The Labute approximate surface area is 111 Å². The summed E-state index contributed by atoms with van der Waals surface area (Å²) in [7, 11) is -4.59. The zero-order chi connectivity index (χ0) is 12.9. The third-order valence-corrected chi connectivity index (χ3v) is 5.89. The molecule has 0 N–H and O–H groups in total. The fourth-order valence-electron chi connectivity index (χ4n) is 1.29. The van der Waals surface area contributed by atoms with Crippen molar-refractivity contribution in [3.63, 3.8) is 0 Å². The molecule has 2 fully saturated rings. The average molecular weight is 349 g/mol. The molecule has 0 aliphatic carbocycles. The molecule has 100 valence electrons. The van der Waals surface area contributed by atoms with Crippen LogP contribution in [0.3, 0.4) is 0 Å². The second kappa shape index (κ2) is 4.58. The van der Waals surface area contributed by atoms with Gasteiger partial charge in [0.15, 0.2) is 11.1 Å². The summed E-state index contributed by atoms with van der Waals surface area (Å²) in [6, 6.07) is 0. The largest absolute Gasteiger partial charge is 0.513 e. The first-order chi connectivity index (χ1) is 7.67. The lowest BCUT2D eigenvalue weighted by Crippen LogP contribution is -2.53. The highest BCUT2D eigenvalue weighted by molar-refractivity contribution is 7.81. The molecule has 17 heavy (non-hydrogen) atoms. The van der Waals surface area contributed by atoms with Gasteiger partial charge in [-0.25, -0.2) is 9.13 Å². The Balaban J connectivity index is 2.21. The van der Waals surface area contributed by atoms with Crippen molar-refractivity contribution in [3.8, 4) is 0 Å². The highest BCUT2D eigenvalue weighted by Crippen LogP contribution is 2.67. The highest BCUT2D eigenvalue weighted by atomic mass is 35.7. The van der Waals surface area contributed by atoms with Crippen LogP contribution in [0, 0.1) is 5.41 Å². The summed E-state index contributed by atoms with van der Waals surface area (Å²) in [5.41, 5.74) is -3.92. The van der Waals surface area contributed by atoms with Gasteiger partial charge < -0.3 is 0 Å². The third kappa shape index (κ3) is 2.83. The lowest BCUT2D eigenvalue weighted by atomic mass is 9.92. The summed E-state index contributed by atoms with van der Waals surface area (Å²) < 4.78 is 53.2. The van der Waals surface area contributed by atoms with Crippen LogP contribution in [-0.4, -0.2) is 24.3 Å². The van der Waals surface area contributed by atoms with E-state index >= 15 is 0 Å². The van der Waals surface area contributed by atoms with Gasteiger partial charge in [-0.3, -0.25) is 18.1 Å². The predicted molar refractivity (Wildman–Crippen MR) is 58.0 cm³/mol. The maximum Gasteiger partial charge on any atom is 0.513 e. The molecule has 6 nitrogen and oxygen atoms in total. The molecule has 2 rings (SSSR count). The molecule has 12 heteroatoms. The highest BCUT2D eigenvalue weighted by Gasteiger charge is 2.59. The summed E-state index contributed by atoms with van der Waals surface area (Å²) in [5, 5.41) is 0. The van der Waals surface area contributed by atoms with E-state index in [4.69, 9.17) is 43.5 Å². The van der Waals surface area contributed by atoms with E-state index in [1.165, 1.54) is 0 Å². The van der Waals surface area contributed by atoms with E-state index in [-0.39, 0.29) is 0 Å². The molecule has 2 saturated heterocycles. The second-order valence-corrected chi connectivity index (χ2v) is 8.18. The number of hydrogen-bond donors (Lipinski definition) is 0. The van der Waals surface area contributed by atoms with Crippen molar-refractivity contribution in [3.05, 3.63) is 0 Å². The van der Waals surface area contributed by atoms with Crippen molar-refractivity contribution in [2.24, 2.45) is 5.41 Å². The smallest absolute Gasteiger partial charge is 0.283 e. The van der Waals surface area contributed by atoms with Gasteiger partial charge in [-0.2, -0.15) is 0 Å². The Morgan fingerprint density at radius 2 is 1.53 bits per heavy atom. The molecule has 0 radical (unpaired) electrons. The van der Waals surface area contributed by atoms with Crippen LogP contribution >= 0.6 is 49.3 Å². The zero-order valence-electron chi connectivity index (χ0n) is 7.92. The molecule has 0 bridgehead atoms. The molecule has 1 spiro atoms. The molecule has 2 heterocycles. The standard InChI is InChI=1S/C5H6Cl3FO6P2/c6-3-5(1-12-17(9,11)13-2-5)4(7)15-16(8,10)14-3/h3-4H,1-2H2. The number of hydrogen-bond acceptors (Lipinski definition) is 6. The first kappa shape index (κ1) is 14.5. The van der Waals surface area contributed by atoms with Gasteiger partial charge in [-0.05, 0) is 0 Å². The summed E-state index contributed by atoms with van der Waals surface area (Å²) >= 11 is 17.0. The van der Waals surface area contributed by atoms with Gasteiger partial charge in [0.05, 0.1) is 18.6 Å². The van der Waals surface area contributed by atoms with Crippen LogP contribution in [0.2, 0.25) is 0 Å². The fraction of sp³-hybridized carbons (Fsp3) is 1.00. The van der Waals surface area contributed by atoms with Gasteiger partial charge in [0.1, 0.15) is 0 Å². The Kier molecular flexibility index (Phi) is 3.91. The van der Waals surface area contributed by atoms with Crippen molar-refractivity contribution in [2.45, 2.75) is 11.1 Å². The minimum Gasteiger partial charge on any atom is -0.283 e. The van der Waals surface area contributed by atoms with Gasteiger partial charge in [-0.1, -0.05) is 23.2 Å². The molecule has 2 aliphatic rings. The zero-order valence-corrected chi connectivity index (χ0v) is 12.0. The maximum absolute atomic E-state index is 12.9. The van der Waals surface area contributed by atoms with E-state index in [9.17, 15) is 13.3 Å². The first-order valence-electron chi connectivity index (χ1n) is 4.20. The number of rotatable bonds is 0. The molecule has 0 saturated carbocycles. The molecule has 0 aromatic rings. The average Bonchev–Trinajstić information content (AvgIpc) is 2.14. The molecule has 0 aromatic carbocycles. The van der Waals surface area contributed by atoms with Gasteiger partial charge in [0, 0.05) is 11.2 Å². The van der Waals surface area contributed by atoms with Crippen LogP contribution < -0.4 is 0 Å². The van der Waals surface area contributed by atoms with Crippen molar-refractivity contribution in [1.82, 2.24) is 0 Å². The Morgan fingerprint density at radius 3 is 1.94 bits per heavy atom. The van der Waals surface area contributed by atoms with E-state index in [1.807, 2.05) is 0 Å². The van der Waals surface area contributed by atoms with E-state index in [1.54, 1.807) is 0 Å². The summed E-state index contributed by atoms with van der Waals surface area (Å²) in [6.07, 6.45) is 0. The van der Waals surface area contributed by atoms with Crippen molar-refractivity contribution >= 4 is 49.3 Å². The molecular weight excluding hydrogens is 343 g/mol. The van der Waals surface area contributed by atoms with Crippen molar-refractivity contribution < 1.29 is 31.4 Å². The maximum atomic E-state index is 12.9. The lowest BCUT2D eigenvalue weighted by Gasteiger charge is -2.45. The lowest BCUT2D eigenvalue weighted by molar-refractivity contribution is -0.101. The Bertz CT molecular complexity index is 390. The topological polar surface area (TPSA) is 71.1 Å². The monoisotopic (exact) mass is 348 g/mol. The molecular formula is C5H6Cl3FO6P2. The quantitative estimate of drug-likeness (QED) is 0.491. The Morgan fingerprint density at radius 1 is 1.12 bits per heavy atom. The van der Waals surface area contributed by atoms with Crippen LogP contribution in [-0.2, 0) is 27.2 Å². The molecule has 2 aliphatic heterocycles. The summed E-state index contributed by atoms with van der Waals surface area (Å²) in [6.45, 7) is -4.83. The van der Waals surface area contributed by atoms with Crippen LogP contribution in [0.1, 0.15) is 0 Å². The SMILES string of the molecule is O=P1(F)OCC2(CO1)C(Cl)OP(=O)(Cl)OC2Cl. The van der Waals surface area contributed by atoms with E-state index < -0.39 is 44.6 Å². The number of halogens is 4. The fourth-order valence-corrected chi connectivity index (χ4v) is 4.97. The van der Waals surface area contributed by atoms with Crippen LogP contribution in [0.4, 0.5) is 4.20 Å². The minimum atomic E-state index is -4.59. The second-order valence-electron chi connectivity index (χ2n) is 3.48. The number of alkyl halides is 2. The predicted octanol–water partition coefficient (Wildman–Crippen LogP) is 3.62. The molecule has 0 aromatic heterocycles. The van der Waals surface area contributed by atoms with Crippen molar-refractivity contribution in [1.29, 1.82) is 0 Å². The van der Waals surface area contributed by atoms with Crippen LogP contribution in [0.25, 0.3) is 0 Å². The van der Waals surface area contributed by atoms with Gasteiger partial charge >= 0.3 is 14.9 Å². The van der Waals surface area contributed by atoms with Crippen LogP contribution in [0.5, 0.6) is 0 Å². The molecule has 2 unspecified atom stereocenters. The third-order valence-electron chi connectivity index (χ3n) is 2.32. The summed E-state index contributed by atoms with van der Waals surface area (Å²) in [4.78, 5) is 0. The minimum absolute atomic E-state index is 0.472. The molecule has 0 amide bonds. The normalized spacial score (nSPS) is 56.0. The molecule has 2 atom stereocenters. The van der Waals surface area contributed by atoms with E-state index in [0.717, 1.165) is 0 Å². The Hall–Kier alpha value is 1.10. The van der Waals surface area contributed by atoms with Crippen LogP contribution in [0.15, 0.2) is 0 Å². The van der Waals surface area contributed by atoms with Gasteiger partial charge in [-0.15, -0.1) is 4.20 Å². The van der Waals surface area contributed by atoms with Crippen molar-refractivity contribution in [2.75, 3.05) is 13.2 Å². The summed E-state index contributed by atoms with van der Waals surface area (Å²) in [5.74, 6) is 0. The van der Waals surface area contributed by atoms with E-state index in [2.05, 4.69) is 9.05 Å². The first-order valence-corrected chi connectivity index (χ1v) is 8.96.